The second kappa shape index (κ2) is 5.04. The molecular weight excluding hydrogens is 247 g/mol. The van der Waals surface area contributed by atoms with E-state index in [1.54, 1.807) is 6.92 Å². The lowest BCUT2D eigenvalue weighted by molar-refractivity contribution is -0.137. The SMILES string of the molecule is CC(=S)N(C)C(C)c1ccc(C(F)(F)F)cc1. The van der Waals surface area contributed by atoms with Crippen LogP contribution in [0.4, 0.5) is 13.2 Å². The Morgan fingerprint density at radius 3 is 2.06 bits per heavy atom. The number of hydrogen-bond acceptors (Lipinski definition) is 1. The van der Waals surface area contributed by atoms with Gasteiger partial charge in [-0.15, -0.1) is 0 Å². The summed E-state index contributed by atoms with van der Waals surface area (Å²) in [6.07, 6.45) is -4.28. The molecule has 1 aromatic rings. The van der Waals surface area contributed by atoms with Crippen molar-refractivity contribution in [1.29, 1.82) is 0 Å². The number of hydrogen-bond donors (Lipinski definition) is 0. The zero-order valence-electron chi connectivity index (χ0n) is 9.88. The Balaban J connectivity index is 2.92. The average Bonchev–Trinajstić information content (AvgIpc) is 2.26. The molecule has 0 N–H and O–H groups in total. The minimum atomic E-state index is -4.28. The number of benzene rings is 1. The maximum absolute atomic E-state index is 12.4. The van der Waals surface area contributed by atoms with Gasteiger partial charge < -0.3 is 4.90 Å². The monoisotopic (exact) mass is 261 g/mol. The van der Waals surface area contributed by atoms with Gasteiger partial charge in [0, 0.05) is 7.05 Å². The molecule has 0 aliphatic carbocycles. The van der Waals surface area contributed by atoms with Crippen molar-refractivity contribution in [2.24, 2.45) is 0 Å². The van der Waals surface area contributed by atoms with Crippen LogP contribution < -0.4 is 0 Å². The lowest BCUT2D eigenvalue weighted by Crippen LogP contribution is -2.25. The van der Waals surface area contributed by atoms with Crippen LogP contribution in [0.1, 0.15) is 31.0 Å². The third kappa shape index (κ3) is 3.43. The molecule has 1 unspecified atom stereocenters. The van der Waals surface area contributed by atoms with Gasteiger partial charge in [-0.2, -0.15) is 13.2 Å². The van der Waals surface area contributed by atoms with Crippen LogP contribution in [-0.2, 0) is 6.18 Å². The molecule has 0 saturated carbocycles. The van der Waals surface area contributed by atoms with Crippen molar-refractivity contribution in [2.45, 2.75) is 26.1 Å². The highest BCUT2D eigenvalue weighted by atomic mass is 32.1. The molecule has 5 heteroatoms. The van der Waals surface area contributed by atoms with Crippen LogP contribution in [-0.4, -0.2) is 16.9 Å². The van der Waals surface area contributed by atoms with Crippen LogP contribution in [0.2, 0.25) is 0 Å². The third-order valence-corrected chi connectivity index (χ3v) is 3.09. The number of alkyl halides is 3. The summed E-state index contributed by atoms with van der Waals surface area (Å²) in [5, 5.41) is 0. The molecule has 0 fully saturated rings. The molecule has 0 aliphatic rings. The van der Waals surface area contributed by atoms with Crippen LogP contribution in [0, 0.1) is 0 Å². The fraction of sp³-hybridized carbons (Fsp3) is 0.417. The smallest absolute Gasteiger partial charge is 0.363 e. The van der Waals surface area contributed by atoms with Crippen LogP contribution in [0.15, 0.2) is 24.3 Å². The normalized spacial score (nSPS) is 13.3. The minimum absolute atomic E-state index is 0.0326. The Labute approximate surface area is 104 Å². The van der Waals surface area contributed by atoms with E-state index in [-0.39, 0.29) is 6.04 Å². The summed E-state index contributed by atoms with van der Waals surface area (Å²) in [4.78, 5) is 2.55. The summed E-state index contributed by atoms with van der Waals surface area (Å²) < 4.78 is 37.1. The predicted molar refractivity (Wildman–Crippen MR) is 65.9 cm³/mol. The molecule has 0 amide bonds. The number of rotatable bonds is 2. The maximum Gasteiger partial charge on any atom is 0.416 e. The summed E-state index contributed by atoms with van der Waals surface area (Å²) in [5.41, 5.74) is 0.180. The molecule has 0 bridgehead atoms. The Morgan fingerprint density at radius 1 is 1.24 bits per heavy atom. The summed E-state index contributed by atoms with van der Waals surface area (Å²) in [6.45, 7) is 3.69. The van der Waals surface area contributed by atoms with E-state index >= 15 is 0 Å². The molecule has 1 nitrogen and oxygen atoms in total. The van der Waals surface area contributed by atoms with Crippen molar-refractivity contribution in [2.75, 3.05) is 7.05 Å². The first-order valence-electron chi connectivity index (χ1n) is 5.14. The van der Waals surface area contributed by atoms with E-state index in [9.17, 15) is 13.2 Å². The van der Waals surface area contributed by atoms with Crippen LogP contribution in [0.3, 0.4) is 0 Å². The third-order valence-electron chi connectivity index (χ3n) is 2.80. The fourth-order valence-corrected chi connectivity index (χ4v) is 1.61. The summed E-state index contributed by atoms with van der Waals surface area (Å²) >= 11 is 5.03. The molecule has 0 radical (unpaired) electrons. The second-order valence-electron chi connectivity index (χ2n) is 3.93. The minimum Gasteiger partial charge on any atom is -0.363 e. The van der Waals surface area contributed by atoms with Crippen molar-refractivity contribution in [3.63, 3.8) is 0 Å². The maximum atomic E-state index is 12.4. The van der Waals surface area contributed by atoms with Crippen LogP contribution >= 0.6 is 12.2 Å². The van der Waals surface area contributed by atoms with Gasteiger partial charge in [-0.05, 0) is 31.5 Å². The van der Waals surface area contributed by atoms with Crippen molar-refractivity contribution < 1.29 is 13.2 Å². The highest BCUT2D eigenvalue weighted by Gasteiger charge is 2.30. The van der Waals surface area contributed by atoms with Gasteiger partial charge in [0.15, 0.2) is 0 Å². The zero-order valence-corrected chi connectivity index (χ0v) is 10.7. The van der Waals surface area contributed by atoms with E-state index < -0.39 is 11.7 Å². The first kappa shape index (κ1) is 14.0. The molecular formula is C12H14F3NS. The van der Waals surface area contributed by atoms with Gasteiger partial charge in [0.2, 0.25) is 0 Å². The Bertz CT molecular complexity index is 397. The zero-order chi connectivity index (χ0) is 13.2. The van der Waals surface area contributed by atoms with Crippen molar-refractivity contribution >= 4 is 17.2 Å². The lowest BCUT2D eigenvalue weighted by atomic mass is 10.0. The van der Waals surface area contributed by atoms with E-state index in [1.807, 2.05) is 18.9 Å². The summed E-state index contributed by atoms with van der Waals surface area (Å²) in [7, 11) is 1.82. The van der Waals surface area contributed by atoms with Gasteiger partial charge in [-0.3, -0.25) is 0 Å². The van der Waals surface area contributed by atoms with Crippen molar-refractivity contribution in [3.8, 4) is 0 Å². The molecule has 0 heterocycles. The van der Waals surface area contributed by atoms with Gasteiger partial charge in [0.25, 0.3) is 0 Å². The Kier molecular flexibility index (Phi) is 4.14. The fourth-order valence-electron chi connectivity index (χ4n) is 1.45. The Morgan fingerprint density at radius 2 is 1.71 bits per heavy atom. The van der Waals surface area contributed by atoms with E-state index in [1.165, 1.54) is 12.1 Å². The van der Waals surface area contributed by atoms with Gasteiger partial charge in [-0.1, -0.05) is 24.4 Å². The molecule has 1 aromatic carbocycles. The van der Waals surface area contributed by atoms with E-state index in [0.717, 1.165) is 17.7 Å². The van der Waals surface area contributed by atoms with Gasteiger partial charge in [-0.25, -0.2) is 0 Å². The van der Waals surface area contributed by atoms with Gasteiger partial charge in [0.1, 0.15) is 0 Å². The topological polar surface area (TPSA) is 3.24 Å². The molecule has 1 atom stereocenters. The Hall–Kier alpha value is -1.10. The number of thiocarbonyl (C=S) groups is 1. The summed E-state index contributed by atoms with van der Waals surface area (Å²) in [5.74, 6) is 0. The van der Waals surface area contributed by atoms with Gasteiger partial charge >= 0.3 is 6.18 Å². The highest BCUT2D eigenvalue weighted by molar-refractivity contribution is 7.80. The molecule has 94 valence electrons. The molecule has 17 heavy (non-hydrogen) atoms. The predicted octanol–water partition coefficient (Wildman–Crippen LogP) is 4.05. The van der Waals surface area contributed by atoms with Crippen molar-refractivity contribution in [1.82, 2.24) is 4.90 Å². The highest BCUT2D eigenvalue weighted by Crippen LogP contribution is 2.30. The standard InChI is InChI=1S/C12H14F3NS/c1-8(16(3)9(2)17)10-4-6-11(7-5-10)12(13,14)15/h4-8H,1-3H3. The van der Waals surface area contributed by atoms with Crippen LogP contribution in [0.25, 0.3) is 0 Å². The van der Waals surface area contributed by atoms with Crippen LogP contribution in [0.5, 0.6) is 0 Å². The first-order chi connectivity index (χ1) is 7.73. The number of halogens is 3. The molecule has 1 rings (SSSR count). The van der Waals surface area contributed by atoms with Crippen molar-refractivity contribution in [3.05, 3.63) is 35.4 Å². The second-order valence-corrected chi connectivity index (χ2v) is 4.52. The molecule has 0 spiro atoms. The molecule has 0 aromatic heterocycles. The number of nitrogens with zero attached hydrogens (tertiary/aromatic N) is 1. The molecule has 0 aliphatic heterocycles. The average molecular weight is 261 g/mol. The molecule has 0 saturated heterocycles. The lowest BCUT2D eigenvalue weighted by Gasteiger charge is -2.26. The van der Waals surface area contributed by atoms with E-state index in [0.29, 0.717) is 4.99 Å². The largest absolute Gasteiger partial charge is 0.416 e. The van der Waals surface area contributed by atoms with E-state index in [4.69, 9.17) is 12.2 Å². The first-order valence-corrected chi connectivity index (χ1v) is 5.55. The quantitative estimate of drug-likeness (QED) is 0.739. The van der Waals surface area contributed by atoms with Gasteiger partial charge in [0.05, 0.1) is 16.6 Å². The van der Waals surface area contributed by atoms with E-state index in [2.05, 4.69) is 0 Å². The summed E-state index contributed by atoms with van der Waals surface area (Å²) in [6, 6.07) is 5.14.